The minimum Gasteiger partial charge on any atom is -0.382 e. The van der Waals surface area contributed by atoms with Crippen LogP contribution in [0.3, 0.4) is 0 Å². The molecule has 1 unspecified atom stereocenters. The number of carbonyl (C=O) groups is 1. The Morgan fingerprint density at radius 2 is 1.89 bits per heavy atom. The van der Waals surface area contributed by atoms with Gasteiger partial charge in [0.2, 0.25) is 5.91 Å². The van der Waals surface area contributed by atoms with Gasteiger partial charge in [-0.15, -0.1) is 0 Å². The van der Waals surface area contributed by atoms with Gasteiger partial charge >= 0.3 is 0 Å². The van der Waals surface area contributed by atoms with Crippen molar-refractivity contribution in [1.29, 1.82) is 0 Å². The summed E-state index contributed by atoms with van der Waals surface area (Å²) < 4.78 is 15.6. The van der Waals surface area contributed by atoms with Crippen molar-refractivity contribution >= 4 is 5.91 Å². The molecule has 0 aliphatic heterocycles. The first-order valence-electron chi connectivity index (χ1n) is 6.94. The SMILES string of the molecule is COCCOCCCOCCC(NC1CC1)C(N)=O. The van der Waals surface area contributed by atoms with E-state index in [2.05, 4.69) is 5.32 Å². The normalized spacial score (nSPS) is 16.5. The molecular weight excluding hydrogens is 248 g/mol. The van der Waals surface area contributed by atoms with Gasteiger partial charge in [0.05, 0.1) is 19.3 Å². The Balaban J connectivity index is 1.89. The Hall–Kier alpha value is -0.690. The van der Waals surface area contributed by atoms with E-state index >= 15 is 0 Å². The van der Waals surface area contributed by atoms with E-state index in [-0.39, 0.29) is 11.9 Å². The van der Waals surface area contributed by atoms with Gasteiger partial charge in [0.25, 0.3) is 0 Å². The van der Waals surface area contributed by atoms with Gasteiger partial charge in [-0.1, -0.05) is 0 Å². The molecular formula is C13H26N2O4. The summed E-state index contributed by atoms with van der Waals surface area (Å²) in [6.45, 7) is 3.09. The molecule has 1 fully saturated rings. The molecule has 3 N–H and O–H groups in total. The fraction of sp³-hybridized carbons (Fsp3) is 0.923. The van der Waals surface area contributed by atoms with E-state index in [0.29, 0.717) is 45.5 Å². The van der Waals surface area contributed by atoms with E-state index < -0.39 is 0 Å². The van der Waals surface area contributed by atoms with E-state index in [9.17, 15) is 4.79 Å². The maximum absolute atomic E-state index is 11.2. The van der Waals surface area contributed by atoms with E-state index in [1.807, 2.05) is 0 Å². The van der Waals surface area contributed by atoms with Gasteiger partial charge < -0.3 is 25.3 Å². The molecule has 0 radical (unpaired) electrons. The third-order valence-electron chi connectivity index (χ3n) is 2.92. The average Bonchev–Trinajstić information content (AvgIpc) is 3.19. The summed E-state index contributed by atoms with van der Waals surface area (Å²) >= 11 is 0. The number of nitrogens with two attached hydrogens (primary N) is 1. The van der Waals surface area contributed by atoms with Crippen LogP contribution in [0.15, 0.2) is 0 Å². The smallest absolute Gasteiger partial charge is 0.234 e. The van der Waals surface area contributed by atoms with Gasteiger partial charge in [-0.3, -0.25) is 4.79 Å². The number of amides is 1. The summed E-state index contributed by atoms with van der Waals surface area (Å²) in [6, 6.07) is 0.220. The van der Waals surface area contributed by atoms with Gasteiger partial charge in [0.1, 0.15) is 0 Å². The highest BCUT2D eigenvalue weighted by atomic mass is 16.5. The van der Waals surface area contributed by atoms with Crippen molar-refractivity contribution in [3.05, 3.63) is 0 Å². The Labute approximate surface area is 115 Å². The van der Waals surface area contributed by atoms with Crippen LogP contribution in [0.25, 0.3) is 0 Å². The monoisotopic (exact) mass is 274 g/mol. The third kappa shape index (κ3) is 8.93. The maximum atomic E-state index is 11.2. The van der Waals surface area contributed by atoms with E-state index in [4.69, 9.17) is 19.9 Å². The average molecular weight is 274 g/mol. The number of ether oxygens (including phenoxy) is 3. The van der Waals surface area contributed by atoms with Gasteiger partial charge in [-0.25, -0.2) is 0 Å². The number of rotatable bonds is 13. The molecule has 0 spiro atoms. The van der Waals surface area contributed by atoms with E-state index in [1.165, 1.54) is 0 Å². The van der Waals surface area contributed by atoms with Crippen molar-refractivity contribution in [3.8, 4) is 0 Å². The largest absolute Gasteiger partial charge is 0.382 e. The highest BCUT2D eigenvalue weighted by Crippen LogP contribution is 2.19. The summed E-state index contributed by atoms with van der Waals surface area (Å²) in [5.41, 5.74) is 5.33. The van der Waals surface area contributed by atoms with Crippen molar-refractivity contribution in [1.82, 2.24) is 5.32 Å². The van der Waals surface area contributed by atoms with Crippen LogP contribution in [-0.2, 0) is 19.0 Å². The minimum atomic E-state index is -0.293. The second-order valence-corrected chi connectivity index (χ2v) is 4.76. The van der Waals surface area contributed by atoms with Crippen LogP contribution >= 0.6 is 0 Å². The summed E-state index contributed by atoms with van der Waals surface area (Å²) in [7, 11) is 1.65. The number of methoxy groups -OCH3 is 1. The van der Waals surface area contributed by atoms with Crippen LogP contribution in [-0.4, -0.2) is 58.1 Å². The molecule has 1 aliphatic carbocycles. The summed E-state index contributed by atoms with van der Waals surface area (Å²) in [5, 5.41) is 3.22. The van der Waals surface area contributed by atoms with Gasteiger partial charge in [-0.2, -0.15) is 0 Å². The van der Waals surface area contributed by atoms with Crippen LogP contribution in [0.4, 0.5) is 0 Å². The van der Waals surface area contributed by atoms with Crippen molar-refractivity contribution in [2.45, 2.75) is 37.8 Å². The molecule has 112 valence electrons. The predicted molar refractivity (Wildman–Crippen MR) is 71.9 cm³/mol. The Morgan fingerprint density at radius 3 is 2.47 bits per heavy atom. The fourth-order valence-electron chi connectivity index (χ4n) is 1.65. The first-order chi connectivity index (χ1) is 9.24. The molecule has 0 heterocycles. The molecule has 0 aromatic heterocycles. The predicted octanol–water partition coefficient (Wildman–Crippen LogP) is 0.0521. The molecule has 1 amide bonds. The molecule has 19 heavy (non-hydrogen) atoms. The number of carbonyl (C=O) groups excluding carboxylic acids is 1. The van der Waals surface area contributed by atoms with Gasteiger partial charge in [0, 0.05) is 33.0 Å². The maximum Gasteiger partial charge on any atom is 0.234 e. The molecule has 0 aromatic carbocycles. The quantitative estimate of drug-likeness (QED) is 0.464. The fourth-order valence-corrected chi connectivity index (χ4v) is 1.65. The molecule has 1 rings (SSSR count). The third-order valence-corrected chi connectivity index (χ3v) is 2.92. The summed E-state index contributed by atoms with van der Waals surface area (Å²) in [5.74, 6) is -0.293. The zero-order valence-electron chi connectivity index (χ0n) is 11.7. The van der Waals surface area contributed by atoms with Crippen LogP contribution in [0.5, 0.6) is 0 Å². The molecule has 6 heteroatoms. The summed E-state index contributed by atoms with van der Waals surface area (Å²) in [4.78, 5) is 11.2. The Kier molecular flexibility index (Phi) is 8.73. The lowest BCUT2D eigenvalue weighted by Gasteiger charge is -2.14. The lowest BCUT2D eigenvalue weighted by atomic mass is 10.2. The van der Waals surface area contributed by atoms with E-state index in [1.54, 1.807) is 7.11 Å². The standard InChI is InChI=1S/C13H26N2O4/c1-17-9-10-19-7-2-6-18-8-5-12(13(14)16)15-11-3-4-11/h11-12,15H,2-10H2,1H3,(H2,14,16). The number of nitrogens with one attached hydrogen (secondary N) is 1. The van der Waals surface area contributed by atoms with E-state index in [0.717, 1.165) is 19.3 Å². The first kappa shape index (κ1) is 16.4. The van der Waals surface area contributed by atoms with Gasteiger partial charge in [0.15, 0.2) is 0 Å². The molecule has 0 bridgehead atoms. The molecule has 6 nitrogen and oxygen atoms in total. The number of hydrogen-bond acceptors (Lipinski definition) is 5. The highest BCUT2D eigenvalue weighted by molar-refractivity contribution is 5.79. The first-order valence-corrected chi connectivity index (χ1v) is 6.94. The lowest BCUT2D eigenvalue weighted by Crippen LogP contribution is -2.43. The summed E-state index contributed by atoms with van der Waals surface area (Å²) in [6.07, 6.45) is 3.77. The van der Waals surface area contributed by atoms with Crippen molar-refractivity contribution in [3.63, 3.8) is 0 Å². The Bertz CT molecular complexity index is 247. The zero-order valence-corrected chi connectivity index (χ0v) is 11.7. The van der Waals surface area contributed by atoms with Crippen molar-refractivity contribution < 1.29 is 19.0 Å². The van der Waals surface area contributed by atoms with Crippen LogP contribution < -0.4 is 11.1 Å². The highest BCUT2D eigenvalue weighted by Gasteiger charge is 2.26. The number of primary amides is 1. The second kappa shape index (κ2) is 10.1. The lowest BCUT2D eigenvalue weighted by molar-refractivity contribution is -0.120. The topological polar surface area (TPSA) is 82.8 Å². The molecule has 1 atom stereocenters. The van der Waals surface area contributed by atoms with Crippen molar-refractivity contribution in [2.24, 2.45) is 5.73 Å². The van der Waals surface area contributed by atoms with Crippen LogP contribution in [0.1, 0.15) is 25.7 Å². The molecule has 1 aliphatic rings. The second-order valence-electron chi connectivity index (χ2n) is 4.76. The Morgan fingerprint density at radius 1 is 1.21 bits per heavy atom. The molecule has 0 aromatic rings. The van der Waals surface area contributed by atoms with Crippen molar-refractivity contribution in [2.75, 3.05) is 40.1 Å². The molecule has 0 saturated heterocycles. The van der Waals surface area contributed by atoms with Crippen LogP contribution in [0, 0.1) is 0 Å². The minimum absolute atomic E-state index is 0.259. The van der Waals surface area contributed by atoms with Gasteiger partial charge in [-0.05, 0) is 25.7 Å². The van der Waals surface area contributed by atoms with Crippen LogP contribution in [0.2, 0.25) is 0 Å². The zero-order chi connectivity index (χ0) is 13.9. The number of hydrogen-bond donors (Lipinski definition) is 2. The molecule has 1 saturated carbocycles.